The SMILES string of the molecule is CC1=CCC2(c3c(F)cccc3F)CCC=C12. The summed E-state index contributed by atoms with van der Waals surface area (Å²) in [5.41, 5.74) is 2.13. The van der Waals surface area contributed by atoms with Crippen LogP contribution in [-0.2, 0) is 5.41 Å². The lowest BCUT2D eigenvalue weighted by atomic mass is 9.74. The van der Waals surface area contributed by atoms with Gasteiger partial charge in [-0.1, -0.05) is 23.8 Å². The number of hydrogen-bond donors (Lipinski definition) is 0. The molecule has 0 heterocycles. The molecule has 0 spiro atoms. The van der Waals surface area contributed by atoms with Crippen LogP contribution in [0, 0.1) is 11.6 Å². The van der Waals surface area contributed by atoms with Crippen molar-refractivity contribution in [2.45, 2.75) is 31.6 Å². The molecule has 3 rings (SSSR count). The average Bonchev–Trinajstić information content (AvgIpc) is 2.81. The summed E-state index contributed by atoms with van der Waals surface area (Å²) in [4.78, 5) is 0. The summed E-state index contributed by atoms with van der Waals surface area (Å²) in [6, 6.07) is 4.14. The van der Waals surface area contributed by atoms with E-state index >= 15 is 0 Å². The van der Waals surface area contributed by atoms with Gasteiger partial charge in [0, 0.05) is 11.0 Å². The van der Waals surface area contributed by atoms with E-state index in [1.54, 1.807) is 0 Å². The van der Waals surface area contributed by atoms with Gasteiger partial charge in [-0.25, -0.2) is 8.78 Å². The number of rotatable bonds is 1. The molecule has 2 heteroatoms. The van der Waals surface area contributed by atoms with E-state index in [2.05, 4.69) is 12.2 Å². The van der Waals surface area contributed by atoms with E-state index in [1.165, 1.54) is 23.8 Å². The van der Waals surface area contributed by atoms with Crippen LogP contribution in [0.5, 0.6) is 0 Å². The minimum atomic E-state index is -0.431. The van der Waals surface area contributed by atoms with Gasteiger partial charge >= 0.3 is 0 Å². The van der Waals surface area contributed by atoms with E-state index in [4.69, 9.17) is 0 Å². The molecule has 0 nitrogen and oxygen atoms in total. The maximum Gasteiger partial charge on any atom is 0.130 e. The van der Waals surface area contributed by atoms with Gasteiger partial charge in [0.2, 0.25) is 0 Å². The van der Waals surface area contributed by atoms with Crippen molar-refractivity contribution in [1.82, 2.24) is 0 Å². The van der Waals surface area contributed by atoms with Crippen LogP contribution in [-0.4, -0.2) is 0 Å². The van der Waals surface area contributed by atoms with Crippen molar-refractivity contribution in [3.05, 3.63) is 58.7 Å². The number of allylic oxidation sites excluding steroid dienone is 4. The summed E-state index contributed by atoms with van der Waals surface area (Å²) in [5.74, 6) is -0.832. The lowest BCUT2D eigenvalue weighted by Gasteiger charge is -2.29. The summed E-state index contributed by atoms with van der Waals surface area (Å²) >= 11 is 0. The van der Waals surface area contributed by atoms with Crippen LogP contribution in [0.1, 0.15) is 31.7 Å². The van der Waals surface area contributed by atoms with Crippen LogP contribution in [0.4, 0.5) is 8.78 Å². The molecule has 0 aliphatic heterocycles. The Balaban J connectivity index is 2.21. The predicted octanol–water partition coefficient (Wildman–Crippen LogP) is 4.27. The molecule has 0 saturated carbocycles. The Kier molecular flexibility index (Phi) is 2.22. The molecule has 1 atom stereocenters. The molecule has 0 fully saturated rings. The zero-order chi connectivity index (χ0) is 12.0. The summed E-state index contributed by atoms with van der Waals surface area (Å²) in [6.45, 7) is 2.03. The van der Waals surface area contributed by atoms with E-state index in [9.17, 15) is 8.78 Å². The molecule has 88 valence electrons. The van der Waals surface area contributed by atoms with Gasteiger partial charge in [-0.2, -0.15) is 0 Å². The molecule has 2 aliphatic carbocycles. The second kappa shape index (κ2) is 3.52. The molecule has 17 heavy (non-hydrogen) atoms. The molecule has 0 aromatic heterocycles. The van der Waals surface area contributed by atoms with Gasteiger partial charge in [-0.05, 0) is 43.9 Å². The van der Waals surface area contributed by atoms with Gasteiger partial charge in [0.05, 0.1) is 0 Å². The van der Waals surface area contributed by atoms with Crippen molar-refractivity contribution in [2.75, 3.05) is 0 Å². The molecule has 1 unspecified atom stereocenters. The standard InChI is InChI=1S/C15H14F2/c1-10-7-9-15(8-3-4-11(10)15)14-12(16)5-2-6-13(14)17/h2,4-7H,3,8-9H2,1H3. The number of hydrogen-bond acceptors (Lipinski definition) is 0. The monoisotopic (exact) mass is 232 g/mol. The van der Waals surface area contributed by atoms with Crippen molar-refractivity contribution >= 4 is 0 Å². The van der Waals surface area contributed by atoms with Crippen molar-refractivity contribution in [2.24, 2.45) is 0 Å². The Bertz CT molecular complexity index is 520. The van der Waals surface area contributed by atoms with Crippen LogP contribution >= 0.6 is 0 Å². The molecular formula is C15H14F2. The van der Waals surface area contributed by atoms with Crippen LogP contribution < -0.4 is 0 Å². The minimum absolute atomic E-state index is 0.261. The van der Waals surface area contributed by atoms with Gasteiger partial charge in [-0.15, -0.1) is 0 Å². The second-order valence-electron chi connectivity index (χ2n) is 4.93. The zero-order valence-corrected chi connectivity index (χ0v) is 9.76. The topological polar surface area (TPSA) is 0 Å². The molecule has 0 amide bonds. The van der Waals surface area contributed by atoms with Crippen LogP contribution in [0.2, 0.25) is 0 Å². The van der Waals surface area contributed by atoms with E-state index in [-0.39, 0.29) is 5.56 Å². The Morgan fingerprint density at radius 2 is 1.82 bits per heavy atom. The van der Waals surface area contributed by atoms with Gasteiger partial charge in [-0.3, -0.25) is 0 Å². The third kappa shape index (κ3) is 1.33. The lowest BCUT2D eigenvalue weighted by molar-refractivity contribution is 0.448. The Hall–Kier alpha value is -1.44. The molecule has 1 aromatic rings. The normalized spacial score (nSPS) is 26.8. The van der Waals surface area contributed by atoms with Gasteiger partial charge in [0.15, 0.2) is 0 Å². The highest BCUT2D eigenvalue weighted by Gasteiger charge is 2.45. The van der Waals surface area contributed by atoms with Crippen molar-refractivity contribution in [3.8, 4) is 0 Å². The molecule has 1 aromatic carbocycles. The zero-order valence-electron chi connectivity index (χ0n) is 9.76. The Morgan fingerprint density at radius 1 is 1.12 bits per heavy atom. The Morgan fingerprint density at radius 3 is 2.53 bits per heavy atom. The summed E-state index contributed by atoms with van der Waals surface area (Å²) in [7, 11) is 0. The van der Waals surface area contributed by atoms with Gasteiger partial charge < -0.3 is 0 Å². The summed E-state index contributed by atoms with van der Waals surface area (Å²) < 4.78 is 27.9. The van der Waals surface area contributed by atoms with E-state index < -0.39 is 17.0 Å². The fraction of sp³-hybridized carbons (Fsp3) is 0.333. The van der Waals surface area contributed by atoms with Crippen molar-refractivity contribution < 1.29 is 8.78 Å². The summed E-state index contributed by atoms with van der Waals surface area (Å²) in [5, 5.41) is 0. The van der Waals surface area contributed by atoms with E-state index in [1.807, 2.05) is 6.92 Å². The molecule has 0 N–H and O–H groups in total. The first-order valence-corrected chi connectivity index (χ1v) is 5.97. The third-order valence-electron chi connectivity index (χ3n) is 4.06. The van der Waals surface area contributed by atoms with Gasteiger partial charge in [0.1, 0.15) is 11.6 Å². The molecule has 0 radical (unpaired) electrons. The predicted molar refractivity (Wildman–Crippen MR) is 63.7 cm³/mol. The highest BCUT2D eigenvalue weighted by atomic mass is 19.1. The molecule has 0 bridgehead atoms. The maximum absolute atomic E-state index is 14.0. The lowest BCUT2D eigenvalue weighted by Crippen LogP contribution is -2.25. The molecule has 0 saturated heterocycles. The van der Waals surface area contributed by atoms with Crippen molar-refractivity contribution in [1.29, 1.82) is 0 Å². The number of benzene rings is 1. The third-order valence-corrected chi connectivity index (χ3v) is 4.06. The van der Waals surface area contributed by atoms with Crippen LogP contribution in [0.3, 0.4) is 0 Å². The van der Waals surface area contributed by atoms with Crippen molar-refractivity contribution in [3.63, 3.8) is 0 Å². The van der Waals surface area contributed by atoms with Crippen LogP contribution in [0.25, 0.3) is 0 Å². The van der Waals surface area contributed by atoms with Gasteiger partial charge in [0.25, 0.3) is 0 Å². The first-order valence-electron chi connectivity index (χ1n) is 5.97. The van der Waals surface area contributed by atoms with E-state index in [0.29, 0.717) is 0 Å². The second-order valence-corrected chi connectivity index (χ2v) is 4.93. The largest absolute Gasteiger partial charge is 0.207 e. The quantitative estimate of drug-likeness (QED) is 0.678. The fourth-order valence-electron chi connectivity index (χ4n) is 3.30. The highest BCUT2D eigenvalue weighted by molar-refractivity contribution is 5.54. The number of fused-ring (bicyclic) bond motifs is 1. The fourth-order valence-corrected chi connectivity index (χ4v) is 3.30. The smallest absolute Gasteiger partial charge is 0.130 e. The summed E-state index contributed by atoms with van der Waals surface area (Å²) in [6.07, 6.45) is 6.67. The maximum atomic E-state index is 14.0. The minimum Gasteiger partial charge on any atom is -0.207 e. The number of halogens is 2. The first-order chi connectivity index (χ1) is 8.15. The Labute approximate surface area is 99.7 Å². The average molecular weight is 232 g/mol. The van der Waals surface area contributed by atoms with E-state index in [0.717, 1.165) is 24.8 Å². The first kappa shape index (κ1) is 10.7. The highest BCUT2D eigenvalue weighted by Crippen LogP contribution is 2.53. The molecule has 2 aliphatic rings. The molecular weight excluding hydrogens is 218 g/mol. The van der Waals surface area contributed by atoms with Crippen LogP contribution in [0.15, 0.2) is 41.5 Å².